The maximum absolute atomic E-state index is 12.7. The van der Waals surface area contributed by atoms with Crippen molar-refractivity contribution in [2.24, 2.45) is 23.5 Å². The molecule has 2 saturated heterocycles. The average molecular weight is 338 g/mol. The molecule has 5 nitrogen and oxygen atoms in total. The van der Waals surface area contributed by atoms with Crippen molar-refractivity contribution in [1.29, 1.82) is 0 Å². The summed E-state index contributed by atoms with van der Waals surface area (Å²) in [5, 5.41) is 3.19. The van der Waals surface area contributed by atoms with Crippen molar-refractivity contribution in [2.45, 2.75) is 70.6 Å². The van der Waals surface area contributed by atoms with Crippen LogP contribution in [-0.2, 0) is 9.53 Å². The summed E-state index contributed by atoms with van der Waals surface area (Å²) >= 11 is 0. The number of hydrogen-bond donors (Lipinski definition) is 2. The second-order valence-electron chi connectivity index (χ2n) is 8.37. The third-order valence-electron chi connectivity index (χ3n) is 6.41. The fourth-order valence-corrected chi connectivity index (χ4v) is 4.43. The van der Waals surface area contributed by atoms with Gasteiger partial charge < -0.3 is 20.7 Å². The predicted octanol–water partition coefficient (Wildman–Crippen LogP) is 1.76. The molecule has 0 aromatic heterocycles. The van der Waals surface area contributed by atoms with Gasteiger partial charge in [0.25, 0.3) is 0 Å². The lowest BCUT2D eigenvalue weighted by Crippen LogP contribution is -2.61. The van der Waals surface area contributed by atoms with Crippen LogP contribution in [0.4, 0.5) is 0 Å². The summed E-state index contributed by atoms with van der Waals surface area (Å²) in [6, 6.07) is 0.123. The second kappa shape index (κ2) is 8.15. The van der Waals surface area contributed by atoms with Gasteiger partial charge in [-0.05, 0) is 50.4 Å². The van der Waals surface area contributed by atoms with Crippen LogP contribution in [0.25, 0.3) is 0 Å². The lowest BCUT2D eigenvalue weighted by atomic mass is 9.80. The molecule has 5 heteroatoms. The Bertz CT molecular complexity index is 417. The average Bonchev–Trinajstić information content (AvgIpc) is 2.52. The number of likely N-dealkylation sites (tertiary alicyclic amines) is 1. The molecule has 138 valence electrons. The Morgan fingerprint density at radius 3 is 2.50 bits per heavy atom. The van der Waals surface area contributed by atoms with E-state index in [0.29, 0.717) is 12.7 Å². The SMILES string of the molecule is CC(C)C1CCC(OCC2C(N)CCCN2C(=O)C2CNC2)CC1. The molecule has 1 saturated carbocycles. The second-order valence-corrected chi connectivity index (χ2v) is 8.37. The third-order valence-corrected chi connectivity index (χ3v) is 6.41. The highest BCUT2D eigenvalue weighted by Crippen LogP contribution is 2.31. The number of ether oxygens (including phenoxy) is 1. The molecule has 3 aliphatic rings. The summed E-state index contributed by atoms with van der Waals surface area (Å²) in [5.41, 5.74) is 6.35. The maximum atomic E-state index is 12.7. The smallest absolute Gasteiger partial charge is 0.228 e. The van der Waals surface area contributed by atoms with Crippen molar-refractivity contribution in [3.8, 4) is 0 Å². The molecular formula is C19H35N3O2. The normalized spacial score (nSPS) is 35.1. The molecule has 0 radical (unpaired) electrons. The largest absolute Gasteiger partial charge is 0.376 e. The lowest BCUT2D eigenvalue weighted by Gasteiger charge is -2.43. The molecule has 0 aromatic rings. The van der Waals surface area contributed by atoms with Gasteiger partial charge in [-0.2, -0.15) is 0 Å². The summed E-state index contributed by atoms with van der Waals surface area (Å²) in [5.74, 6) is 2.06. The van der Waals surface area contributed by atoms with Gasteiger partial charge in [-0.15, -0.1) is 0 Å². The molecule has 0 spiro atoms. The summed E-state index contributed by atoms with van der Waals surface area (Å²) in [6.07, 6.45) is 7.24. The van der Waals surface area contributed by atoms with Crippen LogP contribution >= 0.6 is 0 Å². The summed E-state index contributed by atoms with van der Waals surface area (Å²) < 4.78 is 6.24. The van der Waals surface area contributed by atoms with E-state index >= 15 is 0 Å². The van der Waals surface area contributed by atoms with Crippen LogP contribution in [0.3, 0.4) is 0 Å². The van der Waals surface area contributed by atoms with Crippen LogP contribution in [0.1, 0.15) is 52.4 Å². The van der Waals surface area contributed by atoms with E-state index in [1.54, 1.807) is 0 Å². The molecule has 2 aliphatic heterocycles. The molecule has 3 fully saturated rings. The summed E-state index contributed by atoms with van der Waals surface area (Å²) in [6.45, 7) is 7.74. The Kier molecular flexibility index (Phi) is 6.17. The van der Waals surface area contributed by atoms with E-state index in [2.05, 4.69) is 19.2 Å². The Hall–Kier alpha value is -0.650. The fraction of sp³-hybridized carbons (Fsp3) is 0.947. The Morgan fingerprint density at radius 2 is 1.92 bits per heavy atom. The van der Waals surface area contributed by atoms with Gasteiger partial charge in [0.2, 0.25) is 5.91 Å². The van der Waals surface area contributed by atoms with E-state index in [1.165, 1.54) is 12.8 Å². The molecule has 3 rings (SSSR count). The van der Waals surface area contributed by atoms with Crippen molar-refractivity contribution in [1.82, 2.24) is 10.2 Å². The third kappa shape index (κ3) is 4.12. The number of nitrogens with two attached hydrogens (primary N) is 1. The molecule has 3 N–H and O–H groups in total. The van der Waals surface area contributed by atoms with Gasteiger partial charge in [0.15, 0.2) is 0 Å². The number of rotatable bonds is 5. The van der Waals surface area contributed by atoms with E-state index < -0.39 is 0 Å². The Balaban J connectivity index is 1.50. The van der Waals surface area contributed by atoms with Gasteiger partial charge in [0, 0.05) is 25.7 Å². The minimum Gasteiger partial charge on any atom is -0.376 e. The Morgan fingerprint density at radius 1 is 1.21 bits per heavy atom. The zero-order valence-corrected chi connectivity index (χ0v) is 15.4. The van der Waals surface area contributed by atoms with Gasteiger partial charge in [0.05, 0.1) is 24.7 Å². The highest BCUT2D eigenvalue weighted by atomic mass is 16.5. The number of hydrogen-bond acceptors (Lipinski definition) is 4. The predicted molar refractivity (Wildman–Crippen MR) is 95.6 cm³/mol. The first kappa shape index (κ1) is 18.2. The molecule has 2 unspecified atom stereocenters. The van der Waals surface area contributed by atoms with Crippen LogP contribution < -0.4 is 11.1 Å². The fourth-order valence-electron chi connectivity index (χ4n) is 4.43. The molecular weight excluding hydrogens is 302 g/mol. The molecule has 2 atom stereocenters. The zero-order valence-electron chi connectivity index (χ0n) is 15.4. The van der Waals surface area contributed by atoms with Gasteiger partial charge in [-0.1, -0.05) is 13.8 Å². The maximum Gasteiger partial charge on any atom is 0.228 e. The first-order valence-electron chi connectivity index (χ1n) is 9.94. The summed E-state index contributed by atoms with van der Waals surface area (Å²) in [4.78, 5) is 14.7. The molecule has 2 heterocycles. The molecule has 0 bridgehead atoms. The van der Waals surface area contributed by atoms with E-state index in [0.717, 1.165) is 57.2 Å². The standard InChI is InChI=1S/C19H35N3O2/c1-13(2)14-5-7-16(8-6-14)24-12-18-17(20)4-3-9-22(18)19(23)15-10-21-11-15/h13-18,21H,3-12,20H2,1-2H3. The first-order valence-corrected chi connectivity index (χ1v) is 9.94. The van der Waals surface area contributed by atoms with Gasteiger partial charge in [-0.25, -0.2) is 0 Å². The first-order chi connectivity index (χ1) is 11.6. The van der Waals surface area contributed by atoms with E-state index in [9.17, 15) is 4.79 Å². The quantitative estimate of drug-likeness (QED) is 0.802. The van der Waals surface area contributed by atoms with Crippen LogP contribution in [0.15, 0.2) is 0 Å². The van der Waals surface area contributed by atoms with Crippen LogP contribution in [0.5, 0.6) is 0 Å². The van der Waals surface area contributed by atoms with Crippen molar-refractivity contribution >= 4 is 5.91 Å². The monoisotopic (exact) mass is 337 g/mol. The van der Waals surface area contributed by atoms with E-state index in [1.807, 2.05) is 4.90 Å². The van der Waals surface area contributed by atoms with E-state index in [-0.39, 0.29) is 23.9 Å². The minimum absolute atomic E-state index is 0.0581. The van der Waals surface area contributed by atoms with Crippen molar-refractivity contribution in [2.75, 3.05) is 26.2 Å². The van der Waals surface area contributed by atoms with Crippen molar-refractivity contribution in [3.05, 3.63) is 0 Å². The molecule has 24 heavy (non-hydrogen) atoms. The number of carbonyl (C=O) groups excluding carboxylic acids is 1. The lowest BCUT2D eigenvalue weighted by molar-refractivity contribution is -0.144. The van der Waals surface area contributed by atoms with Crippen molar-refractivity contribution < 1.29 is 9.53 Å². The molecule has 1 aliphatic carbocycles. The molecule has 0 aromatic carbocycles. The number of amides is 1. The highest BCUT2D eigenvalue weighted by molar-refractivity contribution is 5.80. The topological polar surface area (TPSA) is 67.6 Å². The van der Waals surface area contributed by atoms with Crippen LogP contribution in [0.2, 0.25) is 0 Å². The summed E-state index contributed by atoms with van der Waals surface area (Å²) in [7, 11) is 0. The number of carbonyl (C=O) groups is 1. The molecule has 1 amide bonds. The zero-order chi connectivity index (χ0) is 17.1. The van der Waals surface area contributed by atoms with Crippen LogP contribution in [0, 0.1) is 17.8 Å². The van der Waals surface area contributed by atoms with Gasteiger partial charge >= 0.3 is 0 Å². The van der Waals surface area contributed by atoms with E-state index in [4.69, 9.17) is 10.5 Å². The number of nitrogens with one attached hydrogen (secondary N) is 1. The van der Waals surface area contributed by atoms with Gasteiger partial charge in [0.1, 0.15) is 0 Å². The number of piperidine rings is 1. The van der Waals surface area contributed by atoms with Crippen LogP contribution in [-0.4, -0.2) is 55.2 Å². The van der Waals surface area contributed by atoms with Gasteiger partial charge in [-0.3, -0.25) is 4.79 Å². The highest BCUT2D eigenvalue weighted by Gasteiger charge is 2.38. The minimum atomic E-state index is 0.0581. The number of nitrogens with zero attached hydrogens (tertiary/aromatic N) is 1. The Labute approximate surface area is 146 Å². The van der Waals surface area contributed by atoms with Crippen molar-refractivity contribution in [3.63, 3.8) is 0 Å².